The first-order chi connectivity index (χ1) is 7.41. The van der Waals surface area contributed by atoms with E-state index in [4.69, 9.17) is 0 Å². The molecule has 0 aliphatic rings. The van der Waals surface area contributed by atoms with E-state index < -0.39 is 0 Å². The summed E-state index contributed by atoms with van der Waals surface area (Å²) in [7, 11) is 0. The fourth-order valence-electron chi connectivity index (χ4n) is 1.72. The number of hydrogen-bond acceptors (Lipinski definition) is 2. The van der Waals surface area contributed by atoms with Gasteiger partial charge < -0.3 is 0 Å². The van der Waals surface area contributed by atoms with Gasteiger partial charge in [-0.25, -0.2) is 4.99 Å². The van der Waals surface area contributed by atoms with Crippen molar-refractivity contribution in [1.82, 2.24) is 0 Å². The smallest absolute Gasteiger partial charge is 0.0584 e. The molecule has 0 spiro atoms. The molecule has 1 nitrogen and oxygen atoms in total. The monoisotopic (exact) mass is 250 g/mol. The molecule has 0 heterocycles. The summed E-state index contributed by atoms with van der Waals surface area (Å²) in [5.41, 5.74) is 0. The Bertz CT molecular complexity index is 167. The quantitative estimate of drug-likeness (QED) is 0.225. The molecule has 0 fully saturated rings. The molecule has 0 aliphatic heterocycles. The summed E-state index contributed by atoms with van der Waals surface area (Å²) in [6.07, 6.45) is 13.7. The van der Waals surface area contributed by atoms with Gasteiger partial charge in [0.1, 0.15) is 0 Å². The van der Waals surface area contributed by atoms with E-state index in [0.29, 0.717) is 0 Å². The van der Waals surface area contributed by atoms with Crippen LogP contribution in [0.5, 0.6) is 0 Å². The molecule has 0 rings (SSSR count). The van der Waals surface area contributed by atoms with Crippen LogP contribution >= 0.6 is 12.2 Å². The van der Waals surface area contributed by atoms with Crippen molar-refractivity contribution in [3.8, 4) is 0 Å². The van der Waals surface area contributed by atoms with Gasteiger partial charge in [0, 0.05) is 36.1 Å². The van der Waals surface area contributed by atoms with Crippen LogP contribution in [0.3, 0.4) is 0 Å². The topological polar surface area (TPSA) is 12.4 Å². The molecule has 0 N–H and O–H groups in total. The molecule has 0 aromatic heterocycles. The standard InChI is InChI=1S/C13H25NS.Na/c1-2-3-4-5-6-7-8-9-10-11-12-14-13-15;/h2-12H2,1H3;. The second-order valence-corrected chi connectivity index (χ2v) is 4.34. The Morgan fingerprint density at radius 3 is 1.69 bits per heavy atom. The molecule has 89 valence electrons. The Hall–Kier alpha value is 0.800. The minimum Gasteiger partial charge on any atom is -0.233 e. The second-order valence-electron chi connectivity index (χ2n) is 4.15. The zero-order valence-corrected chi connectivity index (χ0v) is 14.0. The summed E-state index contributed by atoms with van der Waals surface area (Å²) in [5, 5.41) is 2.41. The molecule has 0 aromatic rings. The molecule has 0 aromatic carbocycles. The van der Waals surface area contributed by atoms with E-state index in [1.165, 1.54) is 64.2 Å². The fraction of sp³-hybridized carbons (Fsp3) is 0.923. The molecule has 1 radical (unpaired) electrons. The van der Waals surface area contributed by atoms with Gasteiger partial charge in [0.15, 0.2) is 0 Å². The molecule has 3 heteroatoms. The number of aliphatic imine (C=N–C) groups is 1. The fourth-order valence-corrected chi connectivity index (χ4v) is 1.82. The van der Waals surface area contributed by atoms with Crippen LogP contribution in [0, 0.1) is 0 Å². The Kier molecular flexibility index (Phi) is 21.7. The number of nitrogens with zero attached hydrogens (tertiary/aromatic N) is 1. The zero-order chi connectivity index (χ0) is 11.2. The van der Waals surface area contributed by atoms with Crippen molar-refractivity contribution in [3.05, 3.63) is 0 Å². The van der Waals surface area contributed by atoms with Gasteiger partial charge in [0.25, 0.3) is 0 Å². The van der Waals surface area contributed by atoms with Crippen LogP contribution in [0.1, 0.15) is 71.1 Å². The van der Waals surface area contributed by atoms with Gasteiger partial charge in [-0.1, -0.05) is 64.7 Å². The first kappa shape index (κ1) is 19.1. The largest absolute Gasteiger partial charge is 0.233 e. The first-order valence-electron chi connectivity index (χ1n) is 6.45. The zero-order valence-electron chi connectivity index (χ0n) is 11.1. The molecular formula is C13H25NNaS. The maximum atomic E-state index is 4.51. The van der Waals surface area contributed by atoms with E-state index in [2.05, 4.69) is 29.3 Å². The molecule has 0 aliphatic carbocycles. The molecule has 0 saturated carbocycles. The third-order valence-electron chi connectivity index (χ3n) is 2.69. The van der Waals surface area contributed by atoms with Crippen LogP contribution < -0.4 is 0 Å². The van der Waals surface area contributed by atoms with Crippen LogP contribution in [-0.4, -0.2) is 41.3 Å². The van der Waals surface area contributed by atoms with Crippen LogP contribution in [0.2, 0.25) is 0 Å². The van der Waals surface area contributed by atoms with Crippen molar-refractivity contribution in [2.75, 3.05) is 6.54 Å². The maximum Gasteiger partial charge on any atom is 0.0584 e. The number of rotatable bonds is 11. The van der Waals surface area contributed by atoms with Gasteiger partial charge in [0.05, 0.1) is 5.16 Å². The van der Waals surface area contributed by atoms with E-state index in [-0.39, 0.29) is 29.6 Å². The van der Waals surface area contributed by atoms with Crippen LogP contribution in [0.4, 0.5) is 0 Å². The number of isothiocyanates is 1. The van der Waals surface area contributed by atoms with Gasteiger partial charge in [0.2, 0.25) is 0 Å². The van der Waals surface area contributed by atoms with Crippen molar-refractivity contribution < 1.29 is 0 Å². The van der Waals surface area contributed by atoms with E-state index in [9.17, 15) is 0 Å². The van der Waals surface area contributed by atoms with E-state index in [0.717, 1.165) is 6.54 Å². The SMILES string of the molecule is CCCCCCCCCCCCN=C=S.[Na]. The first-order valence-corrected chi connectivity index (χ1v) is 6.86. The molecule has 0 saturated heterocycles. The molecule has 0 amide bonds. The minimum atomic E-state index is 0. The molecular weight excluding hydrogens is 225 g/mol. The van der Waals surface area contributed by atoms with E-state index in [1.54, 1.807) is 0 Å². The van der Waals surface area contributed by atoms with Gasteiger partial charge >= 0.3 is 0 Å². The van der Waals surface area contributed by atoms with Crippen molar-refractivity contribution in [1.29, 1.82) is 0 Å². The van der Waals surface area contributed by atoms with Crippen molar-refractivity contribution in [2.24, 2.45) is 4.99 Å². The minimum absolute atomic E-state index is 0. The molecule has 0 unspecified atom stereocenters. The second kappa shape index (κ2) is 18.2. The third-order valence-corrected chi connectivity index (χ3v) is 2.82. The predicted octanol–water partition coefficient (Wildman–Crippen LogP) is 4.63. The van der Waals surface area contributed by atoms with Gasteiger partial charge in [-0.05, 0) is 18.6 Å². The number of hydrogen-bond donors (Lipinski definition) is 0. The van der Waals surface area contributed by atoms with E-state index >= 15 is 0 Å². The Morgan fingerprint density at radius 2 is 1.25 bits per heavy atom. The van der Waals surface area contributed by atoms with Crippen LogP contribution in [0.25, 0.3) is 0 Å². The number of thiocarbonyl (C=S) groups is 1. The summed E-state index contributed by atoms with van der Waals surface area (Å²) in [4.78, 5) is 3.90. The summed E-state index contributed by atoms with van der Waals surface area (Å²) >= 11 is 4.51. The molecule has 16 heavy (non-hydrogen) atoms. The summed E-state index contributed by atoms with van der Waals surface area (Å²) in [6.45, 7) is 3.14. The molecule has 0 bridgehead atoms. The predicted molar refractivity (Wildman–Crippen MR) is 77.5 cm³/mol. The number of unbranched alkanes of at least 4 members (excludes halogenated alkanes) is 9. The summed E-state index contributed by atoms with van der Waals surface area (Å²) in [5.74, 6) is 0. The van der Waals surface area contributed by atoms with Gasteiger partial charge in [-0.15, -0.1) is 0 Å². The average molecular weight is 250 g/mol. The van der Waals surface area contributed by atoms with Crippen molar-refractivity contribution >= 4 is 46.9 Å². The van der Waals surface area contributed by atoms with E-state index in [1.807, 2.05) is 0 Å². The van der Waals surface area contributed by atoms with Crippen LogP contribution in [0.15, 0.2) is 4.99 Å². The van der Waals surface area contributed by atoms with Gasteiger partial charge in [-0.3, -0.25) is 0 Å². The third kappa shape index (κ3) is 17.2. The summed E-state index contributed by atoms with van der Waals surface area (Å²) in [6, 6.07) is 0. The maximum absolute atomic E-state index is 4.51. The Morgan fingerprint density at radius 1 is 0.812 bits per heavy atom. The van der Waals surface area contributed by atoms with Gasteiger partial charge in [-0.2, -0.15) is 0 Å². The summed E-state index contributed by atoms with van der Waals surface area (Å²) < 4.78 is 0. The van der Waals surface area contributed by atoms with Crippen molar-refractivity contribution in [3.63, 3.8) is 0 Å². The molecule has 0 atom stereocenters. The average Bonchev–Trinajstić information content (AvgIpc) is 2.26. The Balaban J connectivity index is 0. The van der Waals surface area contributed by atoms with Crippen molar-refractivity contribution in [2.45, 2.75) is 71.1 Å². The normalized spacial score (nSPS) is 9.31. The Labute approximate surface area is 129 Å². The van der Waals surface area contributed by atoms with Crippen LogP contribution in [-0.2, 0) is 0 Å².